The summed E-state index contributed by atoms with van der Waals surface area (Å²) in [5, 5.41) is 9.75. The molecule has 0 aliphatic rings. The maximum atomic E-state index is 11.6. The Kier molecular flexibility index (Phi) is 4.78. The van der Waals surface area contributed by atoms with Gasteiger partial charge in [0.05, 0.1) is 22.8 Å². The first-order chi connectivity index (χ1) is 7.63. The quantitative estimate of drug-likeness (QED) is 0.636. The molecule has 16 heavy (non-hydrogen) atoms. The van der Waals surface area contributed by atoms with E-state index in [0.717, 1.165) is 5.56 Å². The van der Waals surface area contributed by atoms with Crippen LogP contribution in [0.4, 0.5) is 0 Å². The summed E-state index contributed by atoms with van der Waals surface area (Å²) in [4.78, 5) is 11.6. The Morgan fingerprint density at radius 1 is 1.62 bits per heavy atom. The standard InChI is InChI=1S/C11H9BrClNO2/c1-2-16-11(15)8-3-7(5-12)4-10(13)9(8)6-14/h3-4H,2,5H2,1H3. The first kappa shape index (κ1) is 13.0. The number of carbonyl (C=O) groups excluding carboxylic acids is 1. The number of halogens is 2. The highest BCUT2D eigenvalue weighted by Crippen LogP contribution is 2.24. The van der Waals surface area contributed by atoms with Crippen LogP contribution in [0, 0.1) is 11.3 Å². The lowest BCUT2D eigenvalue weighted by atomic mass is 10.1. The molecule has 0 fully saturated rings. The first-order valence-electron chi connectivity index (χ1n) is 4.59. The number of hydrogen-bond acceptors (Lipinski definition) is 3. The Morgan fingerprint density at radius 2 is 2.31 bits per heavy atom. The minimum Gasteiger partial charge on any atom is -0.462 e. The van der Waals surface area contributed by atoms with Crippen molar-refractivity contribution in [1.29, 1.82) is 5.26 Å². The minimum atomic E-state index is -0.524. The molecule has 0 spiro atoms. The van der Waals surface area contributed by atoms with E-state index in [1.807, 2.05) is 6.07 Å². The molecule has 1 aromatic rings. The molecule has 0 aliphatic heterocycles. The lowest BCUT2D eigenvalue weighted by Crippen LogP contribution is -2.08. The van der Waals surface area contributed by atoms with Crippen molar-refractivity contribution in [3.05, 3.63) is 33.8 Å². The maximum Gasteiger partial charge on any atom is 0.339 e. The van der Waals surface area contributed by atoms with E-state index in [2.05, 4.69) is 15.9 Å². The molecule has 0 bridgehead atoms. The predicted octanol–water partition coefficient (Wildman–Crippen LogP) is 3.28. The molecule has 0 unspecified atom stereocenters. The van der Waals surface area contributed by atoms with E-state index in [-0.39, 0.29) is 22.8 Å². The summed E-state index contributed by atoms with van der Waals surface area (Å²) in [6.07, 6.45) is 0. The molecule has 1 rings (SSSR count). The Labute approximate surface area is 107 Å². The summed E-state index contributed by atoms with van der Waals surface area (Å²) in [5.74, 6) is -0.524. The van der Waals surface area contributed by atoms with Crippen LogP contribution < -0.4 is 0 Å². The van der Waals surface area contributed by atoms with E-state index in [4.69, 9.17) is 21.6 Å². The second-order valence-corrected chi connectivity index (χ2v) is 3.93. The number of nitrogens with zero attached hydrogens (tertiary/aromatic N) is 1. The third kappa shape index (κ3) is 2.75. The number of carbonyl (C=O) groups is 1. The third-order valence-electron chi connectivity index (χ3n) is 1.91. The number of esters is 1. The largest absolute Gasteiger partial charge is 0.462 e. The van der Waals surface area contributed by atoms with Crippen molar-refractivity contribution in [3.63, 3.8) is 0 Å². The van der Waals surface area contributed by atoms with Crippen LogP contribution in [0.15, 0.2) is 12.1 Å². The summed E-state index contributed by atoms with van der Waals surface area (Å²) in [5.41, 5.74) is 1.20. The smallest absolute Gasteiger partial charge is 0.339 e. The zero-order chi connectivity index (χ0) is 12.1. The van der Waals surface area contributed by atoms with Crippen molar-refractivity contribution >= 4 is 33.5 Å². The molecule has 0 heterocycles. The zero-order valence-corrected chi connectivity index (χ0v) is 10.9. The lowest BCUT2D eigenvalue weighted by Gasteiger charge is -2.07. The number of nitriles is 1. The van der Waals surface area contributed by atoms with Gasteiger partial charge in [-0.25, -0.2) is 4.79 Å². The SMILES string of the molecule is CCOC(=O)c1cc(CBr)cc(Cl)c1C#N. The molecule has 0 saturated heterocycles. The molecule has 0 saturated carbocycles. The number of benzene rings is 1. The molecular formula is C11H9BrClNO2. The summed E-state index contributed by atoms with van der Waals surface area (Å²) in [6, 6.07) is 5.17. The van der Waals surface area contributed by atoms with Crippen molar-refractivity contribution in [1.82, 2.24) is 0 Å². The number of ether oxygens (including phenoxy) is 1. The van der Waals surface area contributed by atoms with Crippen LogP contribution in [0.2, 0.25) is 5.02 Å². The van der Waals surface area contributed by atoms with Crippen molar-refractivity contribution in [2.24, 2.45) is 0 Å². The molecule has 0 radical (unpaired) electrons. The Bertz CT molecular complexity index is 454. The Balaban J connectivity index is 3.29. The maximum absolute atomic E-state index is 11.6. The van der Waals surface area contributed by atoms with Gasteiger partial charge in [0.2, 0.25) is 0 Å². The van der Waals surface area contributed by atoms with E-state index in [1.165, 1.54) is 0 Å². The van der Waals surface area contributed by atoms with Gasteiger partial charge in [0, 0.05) is 5.33 Å². The highest BCUT2D eigenvalue weighted by Gasteiger charge is 2.16. The van der Waals surface area contributed by atoms with Crippen LogP contribution >= 0.6 is 27.5 Å². The average molecular weight is 303 g/mol. The Morgan fingerprint density at radius 3 is 2.81 bits per heavy atom. The van der Waals surface area contributed by atoms with Crippen molar-refractivity contribution < 1.29 is 9.53 Å². The topological polar surface area (TPSA) is 50.1 Å². The van der Waals surface area contributed by atoms with E-state index < -0.39 is 5.97 Å². The van der Waals surface area contributed by atoms with Crippen molar-refractivity contribution in [2.45, 2.75) is 12.3 Å². The third-order valence-corrected chi connectivity index (χ3v) is 2.86. The highest BCUT2D eigenvalue weighted by molar-refractivity contribution is 9.08. The Hall–Kier alpha value is -1.05. The second-order valence-electron chi connectivity index (χ2n) is 2.97. The fraction of sp³-hybridized carbons (Fsp3) is 0.273. The van der Waals surface area contributed by atoms with Crippen LogP contribution in [-0.4, -0.2) is 12.6 Å². The van der Waals surface area contributed by atoms with Crippen LogP contribution in [0.1, 0.15) is 28.4 Å². The van der Waals surface area contributed by atoms with Crippen LogP contribution in [0.3, 0.4) is 0 Å². The number of alkyl halides is 1. The highest BCUT2D eigenvalue weighted by atomic mass is 79.9. The summed E-state index contributed by atoms with van der Waals surface area (Å²) in [7, 11) is 0. The van der Waals surface area contributed by atoms with Gasteiger partial charge in [-0.1, -0.05) is 27.5 Å². The lowest BCUT2D eigenvalue weighted by molar-refractivity contribution is 0.0526. The number of hydrogen-bond donors (Lipinski definition) is 0. The average Bonchev–Trinajstić information content (AvgIpc) is 2.28. The van der Waals surface area contributed by atoms with Crippen LogP contribution in [-0.2, 0) is 10.1 Å². The minimum absolute atomic E-state index is 0.157. The summed E-state index contributed by atoms with van der Waals surface area (Å²) >= 11 is 9.17. The molecule has 0 aliphatic carbocycles. The van der Waals surface area contributed by atoms with Crippen molar-refractivity contribution in [3.8, 4) is 6.07 Å². The van der Waals surface area contributed by atoms with Gasteiger partial charge in [-0.3, -0.25) is 0 Å². The fourth-order valence-corrected chi connectivity index (χ4v) is 1.83. The molecule has 0 aromatic heterocycles. The molecule has 5 heteroatoms. The van der Waals surface area contributed by atoms with Gasteiger partial charge in [0.15, 0.2) is 0 Å². The van der Waals surface area contributed by atoms with Gasteiger partial charge >= 0.3 is 5.97 Å². The first-order valence-corrected chi connectivity index (χ1v) is 6.09. The fourth-order valence-electron chi connectivity index (χ4n) is 1.22. The monoisotopic (exact) mass is 301 g/mol. The molecule has 3 nitrogen and oxygen atoms in total. The van der Waals surface area contributed by atoms with Gasteiger partial charge in [0.1, 0.15) is 6.07 Å². The molecule has 84 valence electrons. The van der Waals surface area contributed by atoms with Crippen molar-refractivity contribution in [2.75, 3.05) is 6.61 Å². The molecule has 0 amide bonds. The molecule has 0 atom stereocenters. The van der Waals surface area contributed by atoms with Crippen LogP contribution in [0.5, 0.6) is 0 Å². The predicted molar refractivity (Wildman–Crippen MR) is 64.8 cm³/mol. The summed E-state index contributed by atoms with van der Waals surface area (Å²) in [6.45, 7) is 1.97. The van der Waals surface area contributed by atoms with E-state index >= 15 is 0 Å². The van der Waals surface area contributed by atoms with Gasteiger partial charge in [-0.15, -0.1) is 0 Å². The number of rotatable bonds is 3. The van der Waals surface area contributed by atoms with Gasteiger partial charge in [0.25, 0.3) is 0 Å². The second kappa shape index (κ2) is 5.88. The zero-order valence-electron chi connectivity index (χ0n) is 8.59. The van der Waals surface area contributed by atoms with Gasteiger partial charge < -0.3 is 4.74 Å². The summed E-state index contributed by atoms with van der Waals surface area (Å²) < 4.78 is 4.86. The van der Waals surface area contributed by atoms with E-state index in [9.17, 15) is 4.79 Å². The molecular weight excluding hydrogens is 293 g/mol. The van der Waals surface area contributed by atoms with Gasteiger partial charge in [-0.2, -0.15) is 5.26 Å². The van der Waals surface area contributed by atoms with E-state index in [1.54, 1.807) is 19.1 Å². The molecule has 1 aromatic carbocycles. The molecule has 0 N–H and O–H groups in total. The van der Waals surface area contributed by atoms with E-state index in [0.29, 0.717) is 5.33 Å². The normalized spacial score (nSPS) is 9.62. The van der Waals surface area contributed by atoms with Crippen LogP contribution in [0.25, 0.3) is 0 Å². The van der Waals surface area contributed by atoms with Gasteiger partial charge in [-0.05, 0) is 24.6 Å².